The van der Waals surface area contributed by atoms with Gasteiger partial charge in [0.05, 0.1) is 0 Å². The van der Waals surface area contributed by atoms with Gasteiger partial charge in [0.2, 0.25) is 0 Å². The zero-order valence-electron chi connectivity index (χ0n) is 7.94. The lowest BCUT2D eigenvalue weighted by molar-refractivity contribution is 0.0331. The van der Waals surface area contributed by atoms with Gasteiger partial charge < -0.3 is 5.32 Å². The fourth-order valence-corrected chi connectivity index (χ4v) is 1.82. The number of halogens is 2. The number of unbranched alkanes of at least 4 members (excludes halogenated alkanes) is 1. The molecule has 4 heteroatoms. The van der Waals surface area contributed by atoms with Gasteiger partial charge in [-0.05, 0) is 19.3 Å². The van der Waals surface area contributed by atoms with Crippen LogP contribution in [-0.2, 0) is 0 Å². The van der Waals surface area contributed by atoms with E-state index >= 15 is 0 Å². The van der Waals surface area contributed by atoms with E-state index in [0.29, 0.717) is 19.1 Å². The molecule has 0 amide bonds. The van der Waals surface area contributed by atoms with Crippen LogP contribution in [0, 0.1) is 0 Å². The summed E-state index contributed by atoms with van der Waals surface area (Å²) < 4.78 is 12.8. The van der Waals surface area contributed by atoms with Crippen LogP contribution in [0.3, 0.4) is 0 Å². The quantitative estimate of drug-likeness (QED) is 0.432. The van der Waals surface area contributed by atoms with Gasteiger partial charge in [-0.3, -0.25) is 0 Å². The predicted octanol–water partition coefficient (Wildman–Crippen LogP) is 1.94. The summed E-state index contributed by atoms with van der Waals surface area (Å²) in [4.78, 5) is 0. The molecule has 0 aliphatic carbocycles. The van der Waals surface area contributed by atoms with Gasteiger partial charge in [-0.15, -0.1) is 21.2 Å². The van der Waals surface area contributed by atoms with Crippen LogP contribution >= 0.6 is 11.6 Å². The number of nitrogens with one attached hydrogen (secondary N) is 1. The predicted molar refractivity (Wildman–Crippen MR) is 53.7 cm³/mol. The summed E-state index contributed by atoms with van der Waals surface area (Å²) in [6, 6.07) is 0.490. The number of hydrogen-bond acceptors (Lipinski definition) is 2. The van der Waals surface area contributed by atoms with Crippen molar-refractivity contribution in [3.8, 4) is 0 Å². The zero-order chi connectivity index (χ0) is 9.52. The fraction of sp³-hybridized carbons (Fsp3) is 1.00. The minimum Gasteiger partial charge on any atom is -0.313 e. The molecule has 1 saturated heterocycles. The van der Waals surface area contributed by atoms with E-state index in [1.165, 1.54) is 0 Å². The Labute approximate surface area is 84.4 Å². The minimum absolute atomic E-state index is 0.490. The smallest absolute Gasteiger partial charge is 0.0415 e. The van der Waals surface area contributed by atoms with Crippen molar-refractivity contribution >= 4 is 11.6 Å². The highest BCUT2D eigenvalue weighted by Crippen LogP contribution is 2.09. The molecule has 0 radical (unpaired) electrons. The van der Waals surface area contributed by atoms with E-state index < -0.39 is 0 Å². The maximum Gasteiger partial charge on any atom is 0.0415 e. The Bertz CT molecular complexity index is 135. The maximum atomic E-state index is 12.8. The SMILES string of the molecule is FN1CCNC(CCCCCl)CC1. The first kappa shape index (κ1) is 11.2. The van der Waals surface area contributed by atoms with Crippen LogP contribution in [0.25, 0.3) is 0 Å². The summed E-state index contributed by atoms with van der Waals surface area (Å²) in [7, 11) is 0. The van der Waals surface area contributed by atoms with Crippen molar-refractivity contribution in [2.75, 3.05) is 25.5 Å². The molecule has 1 unspecified atom stereocenters. The number of rotatable bonds is 4. The molecule has 13 heavy (non-hydrogen) atoms. The molecule has 1 atom stereocenters. The summed E-state index contributed by atoms with van der Waals surface area (Å²) in [6.07, 6.45) is 4.26. The molecule has 1 N–H and O–H groups in total. The highest BCUT2D eigenvalue weighted by Gasteiger charge is 2.14. The van der Waals surface area contributed by atoms with Gasteiger partial charge in [0.15, 0.2) is 0 Å². The number of nitrogens with zero attached hydrogens (tertiary/aromatic N) is 1. The molecule has 0 aromatic carbocycles. The van der Waals surface area contributed by atoms with E-state index in [1.54, 1.807) is 0 Å². The molecule has 1 heterocycles. The number of alkyl halides is 1. The van der Waals surface area contributed by atoms with Gasteiger partial charge in [0.1, 0.15) is 0 Å². The van der Waals surface area contributed by atoms with Crippen LogP contribution in [0.2, 0.25) is 0 Å². The summed E-state index contributed by atoms with van der Waals surface area (Å²) in [5, 5.41) is 4.24. The van der Waals surface area contributed by atoms with E-state index in [2.05, 4.69) is 5.32 Å². The molecule has 0 aromatic heterocycles. The topological polar surface area (TPSA) is 15.3 Å². The lowest BCUT2D eigenvalue weighted by Crippen LogP contribution is -2.29. The summed E-state index contributed by atoms with van der Waals surface area (Å²) >= 11 is 5.59. The van der Waals surface area contributed by atoms with E-state index in [0.717, 1.165) is 43.2 Å². The Balaban J connectivity index is 2.11. The second-order valence-corrected chi connectivity index (χ2v) is 3.91. The molecule has 0 spiro atoms. The number of hydrogen-bond donors (Lipinski definition) is 1. The van der Waals surface area contributed by atoms with Crippen LogP contribution in [0.1, 0.15) is 25.7 Å². The van der Waals surface area contributed by atoms with E-state index in [1.807, 2.05) is 0 Å². The van der Waals surface area contributed by atoms with Crippen LogP contribution in [0.4, 0.5) is 4.48 Å². The summed E-state index contributed by atoms with van der Waals surface area (Å²) in [5.41, 5.74) is 0. The van der Waals surface area contributed by atoms with Crippen molar-refractivity contribution in [2.45, 2.75) is 31.7 Å². The van der Waals surface area contributed by atoms with Crippen molar-refractivity contribution in [2.24, 2.45) is 0 Å². The van der Waals surface area contributed by atoms with Crippen LogP contribution in [-0.4, -0.2) is 36.7 Å². The Morgan fingerprint density at radius 2 is 2.23 bits per heavy atom. The van der Waals surface area contributed by atoms with Gasteiger partial charge in [-0.2, -0.15) is 0 Å². The molecule has 78 valence electrons. The first-order chi connectivity index (χ1) is 6.33. The highest BCUT2D eigenvalue weighted by molar-refractivity contribution is 6.17. The lowest BCUT2D eigenvalue weighted by Gasteiger charge is -2.14. The average molecular weight is 209 g/mol. The Hall–Kier alpha value is 0.140. The van der Waals surface area contributed by atoms with Crippen molar-refractivity contribution in [3.63, 3.8) is 0 Å². The van der Waals surface area contributed by atoms with Crippen LogP contribution < -0.4 is 5.32 Å². The molecule has 1 aliphatic heterocycles. The Morgan fingerprint density at radius 1 is 1.38 bits per heavy atom. The molecule has 1 rings (SSSR count). The fourth-order valence-electron chi connectivity index (χ4n) is 1.63. The second kappa shape index (κ2) is 6.57. The second-order valence-electron chi connectivity index (χ2n) is 3.53. The monoisotopic (exact) mass is 208 g/mol. The standard InChI is InChI=1S/C9H18ClFN2/c10-5-2-1-3-9-4-7-13(11)8-6-12-9/h9,12H,1-8H2. The van der Waals surface area contributed by atoms with Crippen LogP contribution in [0.5, 0.6) is 0 Å². The van der Waals surface area contributed by atoms with Crippen molar-refractivity contribution in [1.29, 1.82) is 0 Å². The zero-order valence-corrected chi connectivity index (χ0v) is 8.69. The van der Waals surface area contributed by atoms with E-state index in [-0.39, 0.29) is 0 Å². The Morgan fingerprint density at radius 3 is 3.00 bits per heavy atom. The molecular formula is C9H18ClFN2. The molecule has 0 bridgehead atoms. The van der Waals surface area contributed by atoms with Gasteiger partial charge in [0.25, 0.3) is 0 Å². The maximum absolute atomic E-state index is 12.8. The molecule has 0 aromatic rings. The van der Waals surface area contributed by atoms with Crippen LogP contribution in [0.15, 0.2) is 0 Å². The van der Waals surface area contributed by atoms with E-state index in [9.17, 15) is 4.48 Å². The highest BCUT2D eigenvalue weighted by atomic mass is 35.5. The van der Waals surface area contributed by atoms with Gasteiger partial charge in [0, 0.05) is 31.6 Å². The molecule has 0 saturated carbocycles. The average Bonchev–Trinajstić information content (AvgIpc) is 2.32. The molecular weight excluding hydrogens is 191 g/mol. The minimum atomic E-state index is 0.490. The van der Waals surface area contributed by atoms with Crippen molar-refractivity contribution in [3.05, 3.63) is 0 Å². The third kappa shape index (κ3) is 4.79. The third-order valence-corrected chi connectivity index (χ3v) is 2.71. The summed E-state index contributed by atoms with van der Waals surface area (Å²) in [5.74, 6) is 0.738. The summed E-state index contributed by atoms with van der Waals surface area (Å²) in [6.45, 7) is 1.85. The Kier molecular flexibility index (Phi) is 5.67. The normalized spacial score (nSPS) is 25.8. The molecule has 2 nitrogen and oxygen atoms in total. The lowest BCUT2D eigenvalue weighted by atomic mass is 10.1. The van der Waals surface area contributed by atoms with Crippen molar-refractivity contribution < 1.29 is 4.48 Å². The van der Waals surface area contributed by atoms with Gasteiger partial charge in [-0.25, -0.2) is 0 Å². The first-order valence-corrected chi connectivity index (χ1v) is 5.56. The largest absolute Gasteiger partial charge is 0.313 e. The van der Waals surface area contributed by atoms with Crippen molar-refractivity contribution in [1.82, 2.24) is 10.4 Å². The third-order valence-electron chi connectivity index (χ3n) is 2.44. The van der Waals surface area contributed by atoms with Gasteiger partial charge >= 0.3 is 0 Å². The molecule has 1 fully saturated rings. The first-order valence-electron chi connectivity index (χ1n) is 5.03. The van der Waals surface area contributed by atoms with E-state index in [4.69, 9.17) is 11.6 Å². The molecule has 1 aliphatic rings. The van der Waals surface area contributed by atoms with Gasteiger partial charge in [-0.1, -0.05) is 6.42 Å².